The van der Waals surface area contributed by atoms with Crippen LogP contribution in [0.4, 0.5) is 0 Å². The fourth-order valence-electron chi connectivity index (χ4n) is 2.96. The highest BCUT2D eigenvalue weighted by molar-refractivity contribution is 5.97. The number of aromatic nitrogens is 3. The van der Waals surface area contributed by atoms with Gasteiger partial charge in [0.15, 0.2) is 0 Å². The minimum atomic E-state index is -0.145. The summed E-state index contributed by atoms with van der Waals surface area (Å²) < 4.78 is 0. The first-order chi connectivity index (χ1) is 10.7. The number of piperidine rings is 1. The van der Waals surface area contributed by atoms with E-state index in [0.717, 1.165) is 31.2 Å². The molecule has 0 bridgehead atoms. The minimum Gasteiger partial charge on any atom is -0.507 e. The Morgan fingerprint density at radius 2 is 2.32 bits per heavy atom. The predicted molar refractivity (Wildman–Crippen MR) is 81.5 cm³/mol. The van der Waals surface area contributed by atoms with Crippen molar-refractivity contribution in [3.63, 3.8) is 0 Å². The van der Waals surface area contributed by atoms with Crippen LogP contribution in [0, 0.1) is 0 Å². The molecule has 3 rings (SSSR count). The van der Waals surface area contributed by atoms with Crippen molar-refractivity contribution < 1.29 is 9.90 Å². The molecule has 22 heavy (non-hydrogen) atoms. The summed E-state index contributed by atoms with van der Waals surface area (Å²) >= 11 is 0. The first-order valence-corrected chi connectivity index (χ1v) is 7.68. The molecule has 2 N–H and O–H groups in total. The number of H-pyrrole nitrogens is 1. The summed E-state index contributed by atoms with van der Waals surface area (Å²) in [7, 11) is 0. The summed E-state index contributed by atoms with van der Waals surface area (Å²) in [6.07, 6.45) is 5.16. The Bertz CT molecular complexity index is 654. The third kappa shape index (κ3) is 2.68. The number of nitrogens with one attached hydrogen (secondary N) is 1. The Hall–Kier alpha value is -2.37. The van der Waals surface area contributed by atoms with Crippen LogP contribution in [0.3, 0.4) is 0 Å². The van der Waals surface area contributed by atoms with Crippen LogP contribution in [-0.4, -0.2) is 37.6 Å². The molecule has 0 aliphatic carbocycles. The van der Waals surface area contributed by atoms with Crippen molar-refractivity contribution in [2.75, 3.05) is 6.54 Å². The van der Waals surface area contributed by atoms with Crippen LogP contribution in [0.2, 0.25) is 0 Å². The first-order valence-electron chi connectivity index (χ1n) is 7.68. The summed E-state index contributed by atoms with van der Waals surface area (Å²) in [6.45, 7) is 2.69. The largest absolute Gasteiger partial charge is 0.507 e. The number of carbonyl (C=O) groups is 1. The fourth-order valence-corrected chi connectivity index (χ4v) is 2.96. The van der Waals surface area contributed by atoms with Crippen molar-refractivity contribution in [2.24, 2.45) is 0 Å². The molecule has 1 aliphatic heterocycles. The van der Waals surface area contributed by atoms with Crippen molar-refractivity contribution in [3.05, 3.63) is 41.5 Å². The third-order valence-electron chi connectivity index (χ3n) is 4.21. The molecule has 0 spiro atoms. The van der Waals surface area contributed by atoms with Crippen molar-refractivity contribution in [3.8, 4) is 5.75 Å². The van der Waals surface area contributed by atoms with Crippen molar-refractivity contribution >= 4 is 5.91 Å². The normalized spacial score (nSPS) is 18.4. The Labute approximate surface area is 129 Å². The van der Waals surface area contributed by atoms with E-state index in [2.05, 4.69) is 15.2 Å². The molecule has 1 amide bonds. The Morgan fingerprint density at radius 3 is 3.05 bits per heavy atom. The van der Waals surface area contributed by atoms with Gasteiger partial charge in [0.2, 0.25) is 0 Å². The number of aromatic amines is 1. The maximum absolute atomic E-state index is 12.9. The van der Waals surface area contributed by atoms with Gasteiger partial charge in [-0.3, -0.25) is 9.89 Å². The number of carbonyl (C=O) groups excluding carboxylic acids is 1. The van der Waals surface area contributed by atoms with E-state index in [0.29, 0.717) is 17.9 Å². The van der Waals surface area contributed by atoms with Gasteiger partial charge in [0.1, 0.15) is 17.9 Å². The monoisotopic (exact) mass is 300 g/mol. The highest BCUT2D eigenvalue weighted by Crippen LogP contribution is 2.31. The van der Waals surface area contributed by atoms with E-state index >= 15 is 0 Å². The van der Waals surface area contributed by atoms with Gasteiger partial charge in [0.25, 0.3) is 5.91 Å². The summed E-state index contributed by atoms with van der Waals surface area (Å²) in [5.74, 6) is 0.595. The van der Waals surface area contributed by atoms with Gasteiger partial charge in [-0.1, -0.05) is 13.0 Å². The number of rotatable bonds is 3. The molecule has 1 atom stereocenters. The summed E-state index contributed by atoms with van der Waals surface area (Å²) in [5, 5.41) is 16.8. The number of amides is 1. The zero-order valence-corrected chi connectivity index (χ0v) is 12.6. The number of benzene rings is 1. The van der Waals surface area contributed by atoms with Gasteiger partial charge in [0, 0.05) is 6.54 Å². The van der Waals surface area contributed by atoms with Crippen molar-refractivity contribution in [1.82, 2.24) is 20.1 Å². The van der Waals surface area contributed by atoms with E-state index in [1.807, 2.05) is 13.0 Å². The molecule has 1 aromatic carbocycles. The lowest BCUT2D eigenvalue weighted by Crippen LogP contribution is -2.39. The van der Waals surface area contributed by atoms with Gasteiger partial charge in [-0.25, -0.2) is 4.98 Å². The maximum Gasteiger partial charge on any atom is 0.258 e. The molecule has 2 aromatic rings. The van der Waals surface area contributed by atoms with Crippen LogP contribution < -0.4 is 0 Å². The van der Waals surface area contributed by atoms with E-state index in [1.54, 1.807) is 17.0 Å². The third-order valence-corrected chi connectivity index (χ3v) is 4.21. The number of aromatic hydroxyl groups is 1. The first kappa shape index (κ1) is 14.6. The number of phenolic OH excluding ortho intramolecular Hbond substituents is 1. The lowest BCUT2D eigenvalue weighted by molar-refractivity contribution is 0.0597. The number of nitrogens with zero attached hydrogens (tertiary/aromatic N) is 3. The summed E-state index contributed by atoms with van der Waals surface area (Å²) in [6, 6.07) is 5.12. The number of likely N-dealkylation sites (tertiary alicyclic amines) is 1. The van der Waals surface area contributed by atoms with Crippen LogP contribution in [0.5, 0.6) is 5.75 Å². The van der Waals surface area contributed by atoms with Crippen LogP contribution in [0.15, 0.2) is 24.5 Å². The van der Waals surface area contributed by atoms with Gasteiger partial charge in [-0.2, -0.15) is 5.10 Å². The van der Waals surface area contributed by atoms with E-state index in [1.165, 1.54) is 6.33 Å². The predicted octanol–water partition coefficient (Wildman–Crippen LogP) is 2.44. The van der Waals surface area contributed by atoms with E-state index in [4.69, 9.17) is 0 Å². The zero-order chi connectivity index (χ0) is 15.5. The van der Waals surface area contributed by atoms with Crippen molar-refractivity contribution in [2.45, 2.75) is 38.6 Å². The molecule has 6 nitrogen and oxygen atoms in total. The number of phenols is 1. The second kappa shape index (κ2) is 6.17. The molecular weight excluding hydrogens is 280 g/mol. The molecule has 1 unspecified atom stereocenters. The number of hydrogen-bond acceptors (Lipinski definition) is 4. The smallest absolute Gasteiger partial charge is 0.258 e. The molecule has 116 valence electrons. The number of hydrogen-bond donors (Lipinski definition) is 2. The number of aryl methyl sites for hydroxylation is 1. The van der Waals surface area contributed by atoms with Gasteiger partial charge in [0.05, 0.1) is 11.6 Å². The van der Waals surface area contributed by atoms with Gasteiger partial charge in [-0.05, 0) is 43.4 Å². The van der Waals surface area contributed by atoms with Gasteiger partial charge < -0.3 is 10.0 Å². The Balaban J connectivity index is 1.92. The molecule has 6 heteroatoms. The summed E-state index contributed by atoms with van der Waals surface area (Å²) in [4.78, 5) is 18.9. The standard InChI is InChI=1S/C16H20N4O2/c1-2-11-6-7-14(21)12(9-11)16(22)20-8-4-3-5-13(20)15-17-10-18-19-15/h6-7,9-10,13,21H,2-5,8H2,1H3,(H,17,18,19). The summed E-state index contributed by atoms with van der Waals surface area (Å²) in [5.41, 5.74) is 1.40. The average molecular weight is 300 g/mol. The topological polar surface area (TPSA) is 82.1 Å². The molecule has 0 radical (unpaired) electrons. The average Bonchev–Trinajstić information content (AvgIpc) is 3.09. The zero-order valence-electron chi connectivity index (χ0n) is 12.6. The molecular formula is C16H20N4O2. The lowest BCUT2D eigenvalue weighted by Gasteiger charge is -2.34. The molecule has 2 heterocycles. The van der Waals surface area contributed by atoms with Crippen LogP contribution in [-0.2, 0) is 6.42 Å². The second-order valence-electron chi connectivity index (χ2n) is 5.59. The highest BCUT2D eigenvalue weighted by Gasteiger charge is 2.31. The Morgan fingerprint density at radius 1 is 1.45 bits per heavy atom. The fraction of sp³-hybridized carbons (Fsp3) is 0.438. The minimum absolute atomic E-state index is 0.0316. The lowest BCUT2D eigenvalue weighted by atomic mass is 9.99. The van der Waals surface area contributed by atoms with E-state index in [-0.39, 0.29) is 17.7 Å². The molecule has 1 aliphatic rings. The molecule has 0 saturated carbocycles. The SMILES string of the molecule is CCc1ccc(O)c(C(=O)N2CCCCC2c2ncn[nH]2)c1. The van der Waals surface area contributed by atoms with E-state index < -0.39 is 0 Å². The molecule has 1 aromatic heterocycles. The molecule has 1 fully saturated rings. The van der Waals surface area contributed by atoms with Crippen molar-refractivity contribution in [1.29, 1.82) is 0 Å². The quantitative estimate of drug-likeness (QED) is 0.912. The van der Waals surface area contributed by atoms with Crippen LogP contribution in [0.1, 0.15) is 54.0 Å². The Kier molecular flexibility index (Phi) is 4.09. The van der Waals surface area contributed by atoms with Gasteiger partial charge >= 0.3 is 0 Å². The maximum atomic E-state index is 12.9. The highest BCUT2D eigenvalue weighted by atomic mass is 16.3. The second-order valence-corrected chi connectivity index (χ2v) is 5.59. The van der Waals surface area contributed by atoms with Gasteiger partial charge in [-0.15, -0.1) is 0 Å². The van der Waals surface area contributed by atoms with Crippen LogP contribution >= 0.6 is 0 Å². The molecule has 1 saturated heterocycles. The van der Waals surface area contributed by atoms with E-state index in [9.17, 15) is 9.90 Å². The van der Waals surface area contributed by atoms with Crippen LogP contribution in [0.25, 0.3) is 0 Å².